The van der Waals surface area contributed by atoms with E-state index >= 15 is 0 Å². The maximum atomic E-state index is 11.2. The lowest BCUT2D eigenvalue weighted by Crippen LogP contribution is -2.29. The van der Waals surface area contributed by atoms with Crippen molar-refractivity contribution < 1.29 is 14.7 Å². The zero-order valence-corrected chi connectivity index (χ0v) is 8.01. The van der Waals surface area contributed by atoms with Crippen molar-refractivity contribution in [3.63, 3.8) is 0 Å². The largest absolute Gasteiger partial charge is 0.515 e. The highest BCUT2D eigenvalue weighted by Crippen LogP contribution is 2.23. The van der Waals surface area contributed by atoms with Gasteiger partial charge in [-0.05, 0) is 12.5 Å². The van der Waals surface area contributed by atoms with Crippen molar-refractivity contribution in [2.45, 2.75) is 18.9 Å². The summed E-state index contributed by atoms with van der Waals surface area (Å²) in [6.45, 7) is 0. The number of carbonyl (C=O) groups is 2. The van der Waals surface area contributed by atoms with Gasteiger partial charge in [0.2, 0.25) is 5.91 Å². The van der Waals surface area contributed by atoms with E-state index in [1.54, 1.807) is 11.9 Å². The number of likely N-dealkylation sites (tertiary alicyclic amines) is 1. The first kappa shape index (κ1) is 10.5. The van der Waals surface area contributed by atoms with Gasteiger partial charge in [-0.15, -0.1) is 0 Å². The minimum Gasteiger partial charge on any atom is -0.515 e. The summed E-state index contributed by atoms with van der Waals surface area (Å²) in [5, 5.41) is 8.95. The van der Waals surface area contributed by atoms with Crippen molar-refractivity contribution in [2.24, 2.45) is 0 Å². The monoisotopic (exact) mass is 195 g/mol. The Morgan fingerprint density at radius 1 is 1.64 bits per heavy atom. The van der Waals surface area contributed by atoms with Crippen LogP contribution in [0.4, 0.5) is 0 Å². The third kappa shape index (κ3) is 2.02. The molecule has 1 aliphatic rings. The molecule has 76 valence electrons. The molecule has 14 heavy (non-hydrogen) atoms. The number of hydrogen-bond acceptors (Lipinski definition) is 3. The van der Waals surface area contributed by atoms with Gasteiger partial charge >= 0.3 is 0 Å². The fourth-order valence-corrected chi connectivity index (χ4v) is 1.58. The van der Waals surface area contributed by atoms with Gasteiger partial charge in [0.05, 0.1) is 12.3 Å². The fraction of sp³-hybridized carbons (Fsp3) is 0.400. The molecular formula is C10H13NO3. The maximum absolute atomic E-state index is 11.2. The maximum Gasteiger partial charge on any atom is 0.222 e. The molecule has 1 atom stereocenters. The summed E-state index contributed by atoms with van der Waals surface area (Å²) in [4.78, 5) is 22.9. The molecule has 1 aliphatic heterocycles. The standard InChI is InChI=1S/C10H13NO3/c1-11-9(4-5-10(11)14)8(7-13)3-2-6-12/h2-3,6-7,9,13H,4-5H2,1H3/b3-2-,8-7+. The van der Waals surface area contributed by atoms with E-state index in [0.29, 0.717) is 24.7 Å². The second kappa shape index (κ2) is 4.60. The highest BCUT2D eigenvalue weighted by molar-refractivity contribution is 5.79. The molecule has 0 aromatic carbocycles. The zero-order chi connectivity index (χ0) is 10.6. The predicted octanol–water partition coefficient (Wildman–Crippen LogP) is 0.804. The Morgan fingerprint density at radius 3 is 2.79 bits per heavy atom. The molecule has 4 nitrogen and oxygen atoms in total. The lowest BCUT2D eigenvalue weighted by atomic mass is 10.1. The summed E-state index contributed by atoms with van der Waals surface area (Å²) in [7, 11) is 1.69. The van der Waals surface area contributed by atoms with E-state index in [1.807, 2.05) is 0 Å². The Morgan fingerprint density at radius 2 is 2.36 bits per heavy atom. The van der Waals surface area contributed by atoms with E-state index < -0.39 is 0 Å². The number of aliphatic hydroxyl groups is 1. The van der Waals surface area contributed by atoms with Crippen molar-refractivity contribution in [3.05, 3.63) is 24.0 Å². The topological polar surface area (TPSA) is 57.6 Å². The molecule has 1 saturated heterocycles. The molecule has 1 rings (SSSR count). The van der Waals surface area contributed by atoms with Gasteiger partial charge in [0.1, 0.15) is 6.29 Å². The van der Waals surface area contributed by atoms with Crippen molar-refractivity contribution in [1.29, 1.82) is 0 Å². The van der Waals surface area contributed by atoms with Crippen molar-refractivity contribution >= 4 is 12.2 Å². The smallest absolute Gasteiger partial charge is 0.222 e. The Balaban J connectivity index is 2.76. The number of carbonyl (C=O) groups excluding carboxylic acids is 2. The quantitative estimate of drug-likeness (QED) is 0.314. The molecule has 0 saturated carbocycles. The summed E-state index contributed by atoms with van der Waals surface area (Å²) in [6, 6.07) is -0.108. The van der Waals surface area contributed by atoms with Gasteiger partial charge in [-0.25, -0.2) is 0 Å². The first-order chi connectivity index (χ1) is 6.70. The zero-order valence-electron chi connectivity index (χ0n) is 8.01. The lowest BCUT2D eigenvalue weighted by molar-refractivity contribution is -0.127. The van der Waals surface area contributed by atoms with Gasteiger partial charge in [0.25, 0.3) is 0 Å². The minimum absolute atomic E-state index is 0.0638. The van der Waals surface area contributed by atoms with Gasteiger partial charge in [-0.2, -0.15) is 0 Å². The van der Waals surface area contributed by atoms with E-state index in [0.717, 1.165) is 6.26 Å². The highest BCUT2D eigenvalue weighted by Gasteiger charge is 2.29. The first-order valence-corrected chi connectivity index (χ1v) is 4.42. The molecule has 0 spiro atoms. The summed E-state index contributed by atoms with van der Waals surface area (Å²) in [5.41, 5.74) is 0.588. The van der Waals surface area contributed by atoms with Crippen LogP contribution >= 0.6 is 0 Å². The number of allylic oxidation sites excluding steroid dienone is 1. The van der Waals surface area contributed by atoms with Crippen LogP contribution in [0.15, 0.2) is 24.0 Å². The Kier molecular flexibility index (Phi) is 3.45. The Hall–Kier alpha value is -1.58. The third-order valence-corrected chi connectivity index (χ3v) is 2.39. The first-order valence-electron chi connectivity index (χ1n) is 4.42. The summed E-state index contributed by atoms with van der Waals surface area (Å²) in [5.74, 6) is 0.0638. The average molecular weight is 195 g/mol. The number of amides is 1. The molecular weight excluding hydrogens is 182 g/mol. The lowest BCUT2D eigenvalue weighted by Gasteiger charge is -2.19. The second-order valence-corrected chi connectivity index (χ2v) is 3.18. The molecule has 4 heteroatoms. The van der Waals surface area contributed by atoms with Crippen molar-refractivity contribution in [2.75, 3.05) is 7.05 Å². The molecule has 1 N–H and O–H groups in total. The molecule has 1 heterocycles. The van der Waals surface area contributed by atoms with Gasteiger partial charge < -0.3 is 10.0 Å². The van der Waals surface area contributed by atoms with Gasteiger partial charge in [0.15, 0.2) is 0 Å². The van der Waals surface area contributed by atoms with E-state index in [9.17, 15) is 9.59 Å². The minimum atomic E-state index is -0.108. The van der Waals surface area contributed by atoms with Gasteiger partial charge in [-0.1, -0.05) is 6.08 Å². The molecule has 1 unspecified atom stereocenters. The van der Waals surface area contributed by atoms with Crippen LogP contribution in [0.25, 0.3) is 0 Å². The Labute approximate surface area is 82.5 Å². The van der Waals surface area contributed by atoms with Crippen LogP contribution < -0.4 is 0 Å². The van der Waals surface area contributed by atoms with Crippen LogP contribution in [0.1, 0.15) is 12.8 Å². The number of nitrogens with zero attached hydrogens (tertiary/aromatic N) is 1. The molecule has 0 aliphatic carbocycles. The SMILES string of the molecule is CN1C(=O)CCC1C(/C=C\C=O)=C/O. The van der Waals surface area contributed by atoms with E-state index in [2.05, 4.69) is 0 Å². The van der Waals surface area contributed by atoms with Crippen LogP contribution in [-0.4, -0.2) is 35.3 Å². The van der Waals surface area contributed by atoms with E-state index in [-0.39, 0.29) is 11.9 Å². The highest BCUT2D eigenvalue weighted by atomic mass is 16.2. The van der Waals surface area contributed by atoms with E-state index in [4.69, 9.17) is 5.11 Å². The molecule has 0 bridgehead atoms. The van der Waals surface area contributed by atoms with Crippen LogP contribution in [0.2, 0.25) is 0 Å². The fourth-order valence-electron chi connectivity index (χ4n) is 1.58. The third-order valence-electron chi connectivity index (χ3n) is 2.39. The number of aliphatic hydroxyl groups excluding tert-OH is 1. The summed E-state index contributed by atoms with van der Waals surface area (Å²) in [6.07, 6.45) is 5.59. The molecule has 1 fully saturated rings. The van der Waals surface area contributed by atoms with Crippen molar-refractivity contribution in [3.8, 4) is 0 Å². The van der Waals surface area contributed by atoms with Gasteiger partial charge in [0, 0.05) is 19.0 Å². The molecule has 0 aromatic heterocycles. The number of likely N-dealkylation sites (N-methyl/N-ethyl adjacent to an activating group) is 1. The summed E-state index contributed by atoms with van der Waals surface area (Å²) < 4.78 is 0. The number of hydrogen-bond donors (Lipinski definition) is 1. The number of rotatable bonds is 3. The average Bonchev–Trinajstić information content (AvgIpc) is 2.51. The van der Waals surface area contributed by atoms with E-state index in [1.165, 1.54) is 12.2 Å². The second-order valence-electron chi connectivity index (χ2n) is 3.18. The summed E-state index contributed by atoms with van der Waals surface area (Å²) >= 11 is 0. The molecule has 1 amide bonds. The van der Waals surface area contributed by atoms with Crippen LogP contribution in [-0.2, 0) is 9.59 Å². The normalized spacial score (nSPS) is 23.5. The Bertz CT molecular complexity index is 294. The van der Waals surface area contributed by atoms with Crippen LogP contribution in [0, 0.1) is 0 Å². The predicted molar refractivity (Wildman–Crippen MR) is 51.7 cm³/mol. The van der Waals surface area contributed by atoms with Gasteiger partial charge in [-0.3, -0.25) is 9.59 Å². The number of aldehydes is 1. The van der Waals surface area contributed by atoms with Crippen LogP contribution in [0.3, 0.4) is 0 Å². The molecule has 0 radical (unpaired) electrons. The molecule has 0 aromatic rings. The van der Waals surface area contributed by atoms with Crippen LogP contribution in [0.5, 0.6) is 0 Å². The van der Waals surface area contributed by atoms with Crippen molar-refractivity contribution in [1.82, 2.24) is 4.90 Å².